The number of thioether (sulfide) groups is 1. The van der Waals surface area contributed by atoms with Crippen molar-refractivity contribution in [1.29, 1.82) is 0 Å². The fourth-order valence-corrected chi connectivity index (χ4v) is 2.81. The van der Waals surface area contributed by atoms with Crippen molar-refractivity contribution in [2.24, 2.45) is 0 Å². The van der Waals surface area contributed by atoms with Crippen molar-refractivity contribution in [2.45, 2.75) is 24.9 Å². The van der Waals surface area contributed by atoms with E-state index in [9.17, 15) is 14.7 Å². The highest BCUT2D eigenvalue weighted by Gasteiger charge is 2.22. The molecule has 1 fully saturated rings. The van der Waals surface area contributed by atoms with Gasteiger partial charge in [0.15, 0.2) is 5.78 Å². The highest BCUT2D eigenvalue weighted by molar-refractivity contribution is 7.99. The van der Waals surface area contributed by atoms with Gasteiger partial charge in [-0.2, -0.15) is 0 Å². The van der Waals surface area contributed by atoms with E-state index in [-0.39, 0.29) is 11.2 Å². The molecule has 0 aromatic heterocycles. The van der Waals surface area contributed by atoms with Crippen molar-refractivity contribution < 1.29 is 14.7 Å². The summed E-state index contributed by atoms with van der Waals surface area (Å²) in [5.74, 6) is 0.742. The number of aliphatic hydroxyl groups excluding tert-OH is 1. The molecule has 1 amide bonds. The van der Waals surface area contributed by atoms with Gasteiger partial charge in [0.1, 0.15) is 6.23 Å². The maximum absolute atomic E-state index is 11.3. The van der Waals surface area contributed by atoms with Crippen LogP contribution in [0.3, 0.4) is 0 Å². The first-order valence-electron chi connectivity index (χ1n) is 6.35. The molecule has 2 atom stereocenters. The van der Waals surface area contributed by atoms with E-state index in [1.165, 1.54) is 17.9 Å². The molecule has 5 nitrogen and oxygen atoms in total. The highest BCUT2D eigenvalue weighted by Crippen LogP contribution is 2.22. The molecule has 0 unspecified atom stereocenters. The second kappa shape index (κ2) is 8.73. The Labute approximate surface area is 123 Å². The lowest BCUT2D eigenvalue weighted by molar-refractivity contribution is -0.116. The molecular formula is C14H20N2O3S. The van der Waals surface area contributed by atoms with E-state index in [4.69, 9.17) is 0 Å². The lowest BCUT2D eigenvalue weighted by Gasteiger charge is -2.24. The van der Waals surface area contributed by atoms with Crippen LogP contribution in [0.1, 0.15) is 13.3 Å². The minimum Gasteiger partial charge on any atom is -0.379 e. The zero-order valence-corrected chi connectivity index (χ0v) is 12.3. The van der Waals surface area contributed by atoms with Crippen molar-refractivity contribution in [3.63, 3.8) is 0 Å². The Kier molecular flexibility index (Phi) is 7.28. The molecule has 0 saturated carbocycles. The van der Waals surface area contributed by atoms with E-state index in [1.54, 1.807) is 30.1 Å². The first-order chi connectivity index (χ1) is 9.56. The molecule has 0 radical (unpaired) electrons. The lowest BCUT2D eigenvalue weighted by Crippen LogP contribution is -2.34. The zero-order valence-electron chi connectivity index (χ0n) is 11.5. The summed E-state index contributed by atoms with van der Waals surface area (Å²) in [6.45, 7) is 5.82. The van der Waals surface area contributed by atoms with Gasteiger partial charge in [-0.1, -0.05) is 18.7 Å². The van der Waals surface area contributed by atoms with Gasteiger partial charge in [-0.25, -0.2) is 0 Å². The van der Waals surface area contributed by atoms with Gasteiger partial charge in [0.2, 0.25) is 6.41 Å². The average molecular weight is 296 g/mol. The van der Waals surface area contributed by atoms with Crippen LogP contribution in [0.5, 0.6) is 0 Å². The second-order valence-electron chi connectivity index (χ2n) is 4.36. The van der Waals surface area contributed by atoms with E-state index >= 15 is 0 Å². The van der Waals surface area contributed by atoms with Crippen LogP contribution in [0, 0.1) is 0 Å². The minimum absolute atomic E-state index is 0.0705. The molecule has 1 aliphatic rings. The lowest BCUT2D eigenvalue weighted by atomic mass is 10.2. The molecule has 110 valence electrons. The molecule has 1 rings (SSSR count). The summed E-state index contributed by atoms with van der Waals surface area (Å²) in [4.78, 5) is 23.7. The number of allylic oxidation sites excluding steroid dienone is 4. The van der Waals surface area contributed by atoms with Crippen LogP contribution >= 0.6 is 11.8 Å². The third-order valence-corrected chi connectivity index (χ3v) is 3.98. The van der Waals surface area contributed by atoms with Crippen molar-refractivity contribution in [3.8, 4) is 0 Å². The van der Waals surface area contributed by atoms with E-state index in [0.717, 1.165) is 12.2 Å². The summed E-state index contributed by atoms with van der Waals surface area (Å²) >= 11 is 1.60. The summed E-state index contributed by atoms with van der Waals surface area (Å²) in [7, 11) is 0. The summed E-state index contributed by atoms with van der Waals surface area (Å²) in [6.07, 6.45) is 6.79. The Morgan fingerprint density at radius 3 is 2.85 bits per heavy atom. The molecular weight excluding hydrogens is 276 g/mol. The average Bonchev–Trinajstić information content (AvgIpc) is 2.63. The van der Waals surface area contributed by atoms with Gasteiger partial charge >= 0.3 is 0 Å². The van der Waals surface area contributed by atoms with Gasteiger partial charge in [-0.15, -0.1) is 11.8 Å². The molecule has 0 aromatic rings. The Balaban J connectivity index is 2.84. The molecule has 1 aliphatic heterocycles. The predicted molar refractivity (Wildman–Crippen MR) is 80.9 cm³/mol. The number of ketones is 1. The third kappa shape index (κ3) is 5.73. The standard InChI is InChI=1S/C14H20N2O3S/c1-3-12(5-4-11(2)18)9-16(10-17)14-8-13(19)15-6-7-20-14/h3-5,9-10,13-15,19H,1,6-8H2,2H3/b5-4+,12-9+/t13-,14-/m1/s1. The maximum Gasteiger partial charge on any atom is 0.214 e. The molecule has 0 bridgehead atoms. The van der Waals surface area contributed by atoms with Gasteiger partial charge in [0, 0.05) is 24.9 Å². The van der Waals surface area contributed by atoms with Crippen LogP contribution in [0.4, 0.5) is 0 Å². The third-order valence-electron chi connectivity index (χ3n) is 2.72. The SMILES string of the molecule is C=CC(/C=C/C(C)=O)=C\N(C=O)[C@H]1C[C@@H](O)NCCS1. The number of rotatable bonds is 6. The Morgan fingerprint density at radius 2 is 2.25 bits per heavy atom. The summed E-state index contributed by atoms with van der Waals surface area (Å²) in [5, 5.41) is 12.5. The number of hydrogen-bond donors (Lipinski definition) is 2. The Morgan fingerprint density at radius 1 is 1.50 bits per heavy atom. The summed E-state index contributed by atoms with van der Waals surface area (Å²) in [6, 6.07) is 0. The number of nitrogens with zero attached hydrogens (tertiary/aromatic N) is 1. The molecule has 1 heterocycles. The first kappa shape index (κ1) is 16.7. The highest BCUT2D eigenvalue weighted by atomic mass is 32.2. The van der Waals surface area contributed by atoms with E-state index < -0.39 is 6.23 Å². The van der Waals surface area contributed by atoms with E-state index in [2.05, 4.69) is 11.9 Å². The van der Waals surface area contributed by atoms with Crippen molar-refractivity contribution >= 4 is 24.0 Å². The minimum atomic E-state index is -0.620. The van der Waals surface area contributed by atoms with Crippen LogP contribution in [0.15, 0.2) is 36.6 Å². The van der Waals surface area contributed by atoms with Crippen LogP contribution in [0.2, 0.25) is 0 Å². The molecule has 0 spiro atoms. The van der Waals surface area contributed by atoms with Gasteiger partial charge in [0.25, 0.3) is 0 Å². The number of carbonyl (C=O) groups excluding carboxylic acids is 2. The van der Waals surface area contributed by atoms with Gasteiger partial charge in [0.05, 0.1) is 5.37 Å². The van der Waals surface area contributed by atoms with Crippen molar-refractivity contribution in [3.05, 3.63) is 36.6 Å². The monoisotopic (exact) mass is 296 g/mol. The fourth-order valence-electron chi connectivity index (χ4n) is 1.70. The Bertz CT molecular complexity index is 421. The molecule has 0 aliphatic carbocycles. The maximum atomic E-state index is 11.3. The number of nitrogens with one attached hydrogen (secondary N) is 1. The van der Waals surface area contributed by atoms with Crippen LogP contribution in [-0.4, -0.2) is 46.1 Å². The second-order valence-corrected chi connectivity index (χ2v) is 5.65. The Hall–Kier alpha value is -1.37. The smallest absolute Gasteiger partial charge is 0.214 e. The van der Waals surface area contributed by atoms with Crippen LogP contribution in [-0.2, 0) is 9.59 Å². The number of carbonyl (C=O) groups is 2. The van der Waals surface area contributed by atoms with Crippen molar-refractivity contribution in [2.75, 3.05) is 12.3 Å². The normalized spacial score (nSPS) is 24.2. The molecule has 2 N–H and O–H groups in total. The predicted octanol–water partition coefficient (Wildman–Crippen LogP) is 1.03. The molecule has 0 aromatic carbocycles. The van der Waals surface area contributed by atoms with E-state index in [0.29, 0.717) is 18.5 Å². The first-order valence-corrected chi connectivity index (χ1v) is 7.40. The largest absolute Gasteiger partial charge is 0.379 e. The molecule has 20 heavy (non-hydrogen) atoms. The number of amides is 1. The van der Waals surface area contributed by atoms with Crippen LogP contribution < -0.4 is 5.32 Å². The number of hydrogen-bond acceptors (Lipinski definition) is 5. The van der Waals surface area contributed by atoms with Crippen LogP contribution in [0.25, 0.3) is 0 Å². The quantitative estimate of drug-likeness (QED) is 0.435. The topological polar surface area (TPSA) is 69.6 Å². The molecule has 6 heteroatoms. The van der Waals surface area contributed by atoms with E-state index in [1.807, 2.05) is 0 Å². The zero-order chi connectivity index (χ0) is 15.0. The number of aliphatic hydroxyl groups is 1. The summed E-state index contributed by atoms with van der Waals surface area (Å²) in [5.41, 5.74) is 0.666. The van der Waals surface area contributed by atoms with Crippen molar-refractivity contribution in [1.82, 2.24) is 10.2 Å². The fraction of sp³-hybridized carbons (Fsp3) is 0.429. The molecule has 1 saturated heterocycles. The van der Waals surface area contributed by atoms with Gasteiger partial charge < -0.3 is 10.0 Å². The van der Waals surface area contributed by atoms with Gasteiger partial charge in [-0.3, -0.25) is 14.9 Å². The summed E-state index contributed by atoms with van der Waals surface area (Å²) < 4.78 is 0. The van der Waals surface area contributed by atoms with Gasteiger partial charge in [-0.05, 0) is 18.6 Å².